The molecule has 120 valence electrons. The average molecular weight is 334 g/mol. The molecule has 0 atom stereocenters. The van der Waals surface area contributed by atoms with Crippen LogP contribution in [0, 0.1) is 15.9 Å². The molecule has 2 aromatic rings. The van der Waals surface area contributed by atoms with Gasteiger partial charge in [0, 0.05) is 16.6 Å². The molecule has 23 heavy (non-hydrogen) atoms. The molecule has 0 aliphatic heterocycles. The van der Waals surface area contributed by atoms with Crippen LogP contribution in [0.5, 0.6) is 0 Å². The van der Waals surface area contributed by atoms with Gasteiger partial charge in [-0.25, -0.2) is 0 Å². The fraction of sp³-hybridized carbons (Fsp3) is 0.312. The quantitative estimate of drug-likeness (QED) is 0.671. The summed E-state index contributed by atoms with van der Waals surface area (Å²) in [5, 5.41) is 15.5. The van der Waals surface area contributed by atoms with Crippen LogP contribution in [0.3, 0.4) is 0 Å². The number of hydrogen-bond acceptors (Lipinski definition) is 4. The van der Waals surface area contributed by atoms with Gasteiger partial charge in [0.2, 0.25) is 11.7 Å². The van der Waals surface area contributed by atoms with Crippen molar-refractivity contribution in [3.05, 3.63) is 56.5 Å². The van der Waals surface area contributed by atoms with Crippen molar-refractivity contribution in [2.75, 3.05) is 5.32 Å². The molecule has 0 unspecified atom stereocenters. The molecule has 1 aromatic carbocycles. The maximum Gasteiger partial charge on any atom is 0.306 e. The zero-order valence-electron chi connectivity index (χ0n) is 12.3. The van der Waals surface area contributed by atoms with Gasteiger partial charge in [-0.2, -0.15) is 4.39 Å². The number of nitro benzene ring substituents is 1. The summed E-state index contributed by atoms with van der Waals surface area (Å²) in [4.78, 5) is 23.9. The fourth-order valence-electron chi connectivity index (χ4n) is 3.10. The Morgan fingerprint density at radius 3 is 2.65 bits per heavy atom. The Morgan fingerprint density at radius 1 is 1.30 bits per heavy atom. The SMILES string of the molecule is O=C(Nc1ccc(F)c([N+](=O)[O-])c1)C1(c2cccs2)CCCC1. The van der Waals surface area contributed by atoms with Gasteiger partial charge in [0.15, 0.2) is 0 Å². The number of anilines is 1. The first-order chi connectivity index (χ1) is 11.0. The van der Waals surface area contributed by atoms with Crippen molar-refractivity contribution < 1.29 is 14.1 Å². The molecule has 5 nitrogen and oxygen atoms in total. The minimum atomic E-state index is -0.915. The summed E-state index contributed by atoms with van der Waals surface area (Å²) >= 11 is 1.54. The maximum atomic E-state index is 13.4. The first-order valence-corrected chi connectivity index (χ1v) is 8.20. The summed E-state index contributed by atoms with van der Waals surface area (Å²) in [6, 6.07) is 7.26. The van der Waals surface area contributed by atoms with Crippen LogP contribution in [-0.2, 0) is 10.2 Å². The van der Waals surface area contributed by atoms with Gasteiger partial charge in [-0.15, -0.1) is 11.3 Å². The Bertz CT molecular complexity index is 740. The minimum absolute atomic E-state index is 0.182. The average Bonchev–Trinajstić information content (AvgIpc) is 3.20. The molecular formula is C16H15FN2O3S. The predicted molar refractivity (Wildman–Crippen MR) is 86.1 cm³/mol. The summed E-state index contributed by atoms with van der Waals surface area (Å²) in [6.07, 6.45) is 3.44. The fourth-order valence-corrected chi connectivity index (χ4v) is 4.08. The molecule has 7 heteroatoms. The Kier molecular flexibility index (Phi) is 4.12. The van der Waals surface area contributed by atoms with E-state index < -0.39 is 21.8 Å². The van der Waals surface area contributed by atoms with Crippen LogP contribution >= 0.6 is 11.3 Å². The molecular weight excluding hydrogens is 319 g/mol. The highest BCUT2D eigenvalue weighted by Gasteiger charge is 2.43. The van der Waals surface area contributed by atoms with Crippen molar-refractivity contribution in [3.8, 4) is 0 Å². The number of amides is 1. The number of carbonyl (C=O) groups excluding carboxylic acids is 1. The second-order valence-corrected chi connectivity index (χ2v) is 6.59. The van der Waals surface area contributed by atoms with Crippen molar-refractivity contribution in [2.24, 2.45) is 0 Å². The lowest BCUT2D eigenvalue weighted by molar-refractivity contribution is -0.387. The van der Waals surface area contributed by atoms with Crippen LogP contribution in [-0.4, -0.2) is 10.8 Å². The van der Waals surface area contributed by atoms with E-state index in [-0.39, 0.29) is 11.6 Å². The van der Waals surface area contributed by atoms with E-state index in [1.54, 1.807) is 0 Å². The number of carbonyl (C=O) groups is 1. The van der Waals surface area contributed by atoms with Gasteiger partial charge in [-0.3, -0.25) is 14.9 Å². The van der Waals surface area contributed by atoms with Gasteiger partial charge >= 0.3 is 5.69 Å². The Hall–Kier alpha value is -2.28. The Labute approximate surface area is 136 Å². The third-order valence-corrected chi connectivity index (χ3v) is 5.36. The van der Waals surface area contributed by atoms with E-state index in [9.17, 15) is 19.3 Å². The number of nitro groups is 1. The topological polar surface area (TPSA) is 72.2 Å². The van der Waals surface area contributed by atoms with Crippen LogP contribution in [0.2, 0.25) is 0 Å². The largest absolute Gasteiger partial charge is 0.325 e. The molecule has 3 rings (SSSR count). The third kappa shape index (κ3) is 2.84. The third-order valence-electron chi connectivity index (χ3n) is 4.29. The van der Waals surface area contributed by atoms with Crippen molar-refractivity contribution in [1.82, 2.24) is 0 Å². The van der Waals surface area contributed by atoms with Crippen LogP contribution < -0.4 is 5.32 Å². The van der Waals surface area contributed by atoms with Gasteiger partial charge in [-0.1, -0.05) is 18.9 Å². The zero-order chi connectivity index (χ0) is 16.4. The van der Waals surface area contributed by atoms with E-state index in [0.717, 1.165) is 42.7 Å². The number of hydrogen-bond donors (Lipinski definition) is 1. The minimum Gasteiger partial charge on any atom is -0.325 e. The van der Waals surface area contributed by atoms with Gasteiger partial charge in [0.1, 0.15) is 0 Å². The highest BCUT2D eigenvalue weighted by Crippen LogP contribution is 2.44. The zero-order valence-corrected chi connectivity index (χ0v) is 13.1. The van der Waals surface area contributed by atoms with Crippen molar-refractivity contribution in [3.63, 3.8) is 0 Å². The molecule has 1 fully saturated rings. The first kappa shape index (κ1) is 15.6. The van der Waals surface area contributed by atoms with Crippen molar-refractivity contribution in [2.45, 2.75) is 31.1 Å². The highest BCUT2D eigenvalue weighted by molar-refractivity contribution is 7.10. The van der Waals surface area contributed by atoms with Crippen LogP contribution in [0.4, 0.5) is 15.8 Å². The van der Waals surface area contributed by atoms with E-state index >= 15 is 0 Å². The molecule has 1 N–H and O–H groups in total. The summed E-state index contributed by atoms with van der Waals surface area (Å²) in [6.45, 7) is 0. The van der Waals surface area contributed by atoms with Gasteiger partial charge in [0.25, 0.3) is 0 Å². The van der Waals surface area contributed by atoms with Crippen LogP contribution in [0.15, 0.2) is 35.7 Å². The van der Waals surface area contributed by atoms with E-state index in [2.05, 4.69) is 5.32 Å². The Balaban J connectivity index is 1.89. The summed E-state index contributed by atoms with van der Waals surface area (Å²) in [5.74, 6) is -1.10. The summed E-state index contributed by atoms with van der Waals surface area (Å²) in [5.41, 5.74) is -0.984. The van der Waals surface area contributed by atoms with Crippen molar-refractivity contribution in [1.29, 1.82) is 0 Å². The molecule has 0 spiro atoms. The number of thiophene rings is 1. The number of nitrogens with one attached hydrogen (secondary N) is 1. The number of rotatable bonds is 4. The smallest absolute Gasteiger partial charge is 0.306 e. The maximum absolute atomic E-state index is 13.4. The van der Waals surface area contributed by atoms with Gasteiger partial charge in [-0.05, 0) is 36.4 Å². The van der Waals surface area contributed by atoms with Crippen LogP contribution in [0.1, 0.15) is 30.6 Å². The molecule has 1 aliphatic carbocycles. The Morgan fingerprint density at radius 2 is 2.04 bits per heavy atom. The number of halogens is 1. The molecule has 1 saturated carbocycles. The van der Waals surface area contributed by atoms with Gasteiger partial charge < -0.3 is 5.32 Å². The second-order valence-electron chi connectivity index (χ2n) is 5.64. The lowest BCUT2D eigenvalue weighted by Crippen LogP contribution is -2.37. The second kappa shape index (κ2) is 6.08. The van der Waals surface area contributed by atoms with Crippen LogP contribution in [0.25, 0.3) is 0 Å². The highest BCUT2D eigenvalue weighted by atomic mass is 32.1. The van der Waals surface area contributed by atoms with Crippen molar-refractivity contribution >= 4 is 28.6 Å². The summed E-state index contributed by atoms with van der Waals surface area (Å²) in [7, 11) is 0. The van der Waals surface area contributed by atoms with E-state index in [4.69, 9.17) is 0 Å². The number of benzene rings is 1. The predicted octanol–water partition coefficient (Wildman–Crippen LogP) is 4.25. The normalized spacial score (nSPS) is 16.2. The molecule has 0 radical (unpaired) electrons. The molecule has 1 aliphatic rings. The molecule has 0 bridgehead atoms. The number of nitrogens with zero attached hydrogens (tertiary/aromatic N) is 1. The standard InChI is InChI=1S/C16H15FN2O3S/c17-12-6-5-11(10-13(12)19(21)22)18-15(20)16(7-1-2-8-16)14-4-3-9-23-14/h3-6,9-10H,1-2,7-8H2,(H,18,20). The summed E-state index contributed by atoms with van der Waals surface area (Å²) < 4.78 is 13.4. The molecule has 1 amide bonds. The van der Waals surface area contributed by atoms with E-state index in [0.29, 0.717) is 0 Å². The monoisotopic (exact) mass is 334 g/mol. The lowest BCUT2D eigenvalue weighted by atomic mass is 9.83. The molecule has 1 heterocycles. The lowest BCUT2D eigenvalue weighted by Gasteiger charge is -2.26. The van der Waals surface area contributed by atoms with E-state index in [1.807, 2.05) is 17.5 Å². The molecule has 1 aromatic heterocycles. The van der Waals surface area contributed by atoms with E-state index in [1.165, 1.54) is 17.4 Å². The molecule has 0 saturated heterocycles. The first-order valence-electron chi connectivity index (χ1n) is 7.32. The van der Waals surface area contributed by atoms with Gasteiger partial charge in [0.05, 0.1) is 10.3 Å².